The first kappa shape index (κ1) is 23.5. The quantitative estimate of drug-likeness (QED) is 0.554. The highest BCUT2D eigenvalue weighted by Crippen LogP contribution is 2.30. The Balaban J connectivity index is 1.21. The second kappa shape index (κ2) is 10.1. The average molecular weight is 475 g/mol. The number of rotatable bonds is 7. The number of halogens is 3. The van der Waals surface area contributed by atoms with Crippen molar-refractivity contribution in [3.8, 4) is 17.1 Å². The number of piperidine rings is 1. The summed E-state index contributed by atoms with van der Waals surface area (Å²) in [5.74, 6) is 1.94. The normalized spacial score (nSPS) is 14.8. The third kappa shape index (κ3) is 5.83. The van der Waals surface area contributed by atoms with Gasteiger partial charge in [-0.25, -0.2) is 4.98 Å². The molecule has 1 amide bonds. The number of nitrogens with one attached hydrogen (secondary N) is 1. The van der Waals surface area contributed by atoms with E-state index in [1.807, 2.05) is 17.0 Å². The Labute approximate surface area is 194 Å². The lowest BCUT2D eigenvalue weighted by Gasteiger charge is -2.33. The maximum absolute atomic E-state index is 12.7. The number of nitrogens with zero attached hydrogens (tertiary/aromatic N) is 4. The lowest BCUT2D eigenvalue weighted by Crippen LogP contribution is -2.45. The largest absolute Gasteiger partial charge is 0.497 e. The molecule has 1 saturated heterocycles. The summed E-state index contributed by atoms with van der Waals surface area (Å²) in [6.07, 6.45) is -1.66. The van der Waals surface area contributed by atoms with Gasteiger partial charge in [0, 0.05) is 43.7 Å². The minimum Gasteiger partial charge on any atom is -0.497 e. The molecule has 1 fully saturated rings. The molecule has 1 aliphatic rings. The Bertz CT molecular complexity index is 1090. The summed E-state index contributed by atoms with van der Waals surface area (Å²) < 4.78 is 48.5. The summed E-state index contributed by atoms with van der Waals surface area (Å²) in [4.78, 5) is 22.6. The van der Waals surface area contributed by atoms with E-state index in [0.717, 1.165) is 23.6 Å². The van der Waals surface area contributed by atoms with Gasteiger partial charge in [-0.2, -0.15) is 18.2 Å². The number of pyridine rings is 1. The second-order valence-corrected chi connectivity index (χ2v) is 7.97. The number of aryl methyl sites for hydroxylation is 1. The van der Waals surface area contributed by atoms with E-state index in [2.05, 4.69) is 20.4 Å². The third-order valence-corrected chi connectivity index (χ3v) is 5.64. The highest BCUT2D eigenvalue weighted by Gasteiger charge is 2.31. The zero-order chi connectivity index (χ0) is 24.1. The number of aromatic nitrogens is 3. The maximum atomic E-state index is 12.7. The number of hydrogen-bond donors (Lipinski definition) is 1. The molecule has 1 aliphatic heterocycles. The van der Waals surface area contributed by atoms with Crippen molar-refractivity contribution in [3.63, 3.8) is 0 Å². The van der Waals surface area contributed by atoms with Crippen LogP contribution in [0.15, 0.2) is 47.1 Å². The number of carbonyl (C=O) groups excluding carboxylic acids is 1. The van der Waals surface area contributed by atoms with E-state index in [1.165, 1.54) is 6.07 Å². The molecule has 1 N–H and O–H groups in total. The van der Waals surface area contributed by atoms with Crippen molar-refractivity contribution in [1.29, 1.82) is 0 Å². The molecule has 11 heteroatoms. The van der Waals surface area contributed by atoms with Gasteiger partial charge in [-0.3, -0.25) is 4.79 Å². The molecule has 3 heterocycles. The number of alkyl halides is 3. The van der Waals surface area contributed by atoms with Crippen molar-refractivity contribution in [1.82, 2.24) is 20.4 Å². The van der Waals surface area contributed by atoms with Gasteiger partial charge < -0.3 is 19.5 Å². The minimum atomic E-state index is -4.40. The number of hydrogen-bond acceptors (Lipinski definition) is 7. The van der Waals surface area contributed by atoms with Gasteiger partial charge in [-0.05, 0) is 49.2 Å². The van der Waals surface area contributed by atoms with Crippen molar-refractivity contribution < 1.29 is 27.2 Å². The van der Waals surface area contributed by atoms with Crippen LogP contribution in [0.1, 0.15) is 30.7 Å². The van der Waals surface area contributed by atoms with Gasteiger partial charge in [0.2, 0.25) is 17.6 Å². The maximum Gasteiger partial charge on any atom is 0.417 e. The number of anilines is 1. The monoisotopic (exact) mass is 475 g/mol. The molecule has 0 saturated carbocycles. The zero-order valence-electron chi connectivity index (χ0n) is 18.5. The fraction of sp³-hybridized carbons (Fsp3) is 0.391. The molecular formula is C23H24F3N5O3. The van der Waals surface area contributed by atoms with Crippen LogP contribution in [0.4, 0.5) is 19.0 Å². The highest BCUT2D eigenvalue weighted by molar-refractivity contribution is 5.76. The fourth-order valence-electron chi connectivity index (χ4n) is 3.73. The summed E-state index contributed by atoms with van der Waals surface area (Å²) in [6.45, 7) is 1.19. The van der Waals surface area contributed by atoms with Crippen LogP contribution in [0.5, 0.6) is 5.75 Å². The lowest BCUT2D eigenvalue weighted by atomic mass is 10.0. The summed E-state index contributed by atoms with van der Waals surface area (Å²) in [5, 5.41) is 6.96. The molecule has 0 atom stereocenters. The summed E-state index contributed by atoms with van der Waals surface area (Å²) >= 11 is 0. The first-order valence-corrected chi connectivity index (χ1v) is 10.9. The molecule has 0 bridgehead atoms. The average Bonchev–Trinajstić information content (AvgIpc) is 3.32. The first-order chi connectivity index (χ1) is 16.3. The Kier molecular flexibility index (Phi) is 6.99. The predicted octanol–water partition coefficient (Wildman–Crippen LogP) is 3.88. The number of ether oxygens (including phenoxy) is 1. The van der Waals surface area contributed by atoms with Crippen LogP contribution in [0.25, 0.3) is 11.4 Å². The summed E-state index contributed by atoms with van der Waals surface area (Å²) in [5.41, 5.74) is 0.0188. The molecular weight excluding hydrogens is 451 g/mol. The molecule has 4 rings (SSSR count). The predicted molar refractivity (Wildman–Crippen MR) is 117 cm³/mol. The molecule has 0 radical (unpaired) electrons. The number of benzene rings is 1. The fourth-order valence-corrected chi connectivity index (χ4v) is 3.73. The molecule has 2 aromatic heterocycles. The van der Waals surface area contributed by atoms with E-state index in [1.54, 1.807) is 19.2 Å². The molecule has 0 aliphatic carbocycles. The Morgan fingerprint density at radius 3 is 2.53 bits per heavy atom. The zero-order valence-corrected chi connectivity index (χ0v) is 18.5. The van der Waals surface area contributed by atoms with Crippen LogP contribution >= 0.6 is 0 Å². The molecule has 0 unspecified atom stereocenters. The van der Waals surface area contributed by atoms with E-state index >= 15 is 0 Å². The van der Waals surface area contributed by atoms with Gasteiger partial charge in [0.15, 0.2) is 0 Å². The van der Waals surface area contributed by atoms with Crippen LogP contribution in [-0.2, 0) is 17.4 Å². The molecule has 3 aromatic rings. The van der Waals surface area contributed by atoms with E-state index in [-0.39, 0.29) is 18.4 Å². The van der Waals surface area contributed by atoms with Crippen LogP contribution in [-0.4, -0.2) is 47.3 Å². The number of carbonyl (C=O) groups is 1. The Morgan fingerprint density at radius 1 is 1.18 bits per heavy atom. The molecule has 34 heavy (non-hydrogen) atoms. The SMILES string of the molecule is COc1ccc(-c2noc(CCC(=O)NC3CCN(c4ccc(C(F)(F)F)cn4)CC3)n2)cc1. The van der Waals surface area contributed by atoms with E-state index in [4.69, 9.17) is 9.26 Å². The van der Waals surface area contributed by atoms with Crippen LogP contribution in [0, 0.1) is 0 Å². The van der Waals surface area contributed by atoms with Gasteiger partial charge in [-0.15, -0.1) is 0 Å². The second-order valence-electron chi connectivity index (χ2n) is 7.97. The Morgan fingerprint density at radius 2 is 1.91 bits per heavy atom. The third-order valence-electron chi connectivity index (χ3n) is 5.64. The van der Waals surface area contributed by atoms with Gasteiger partial charge in [0.1, 0.15) is 11.6 Å². The van der Waals surface area contributed by atoms with Gasteiger partial charge in [0.05, 0.1) is 12.7 Å². The van der Waals surface area contributed by atoms with E-state index < -0.39 is 11.7 Å². The van der Waals surface area contributed by atoms with Crippen molar-refractivity contribution in [2.45, 2.75) is 37.9 Å². The lowest BCUT2D eigenvalue weighted by molar-refractivity contribution is -0.137. The van der Waals surface area contributed by atoms with E-state index in [0.29, 0.717) is 49.9 Å². The van der Waals surface area contributed by atoms with Crippen molar-refractivity contribution >= 4 is 11.7 Å². The summed E-state index contributed by atoms with van der Waals surface area (Å²) in [6, 6.07) is 9.67. The molecule has 180 valence electrons. The summed E-state index contributed by atoms with van der Waals surface area (Å²) in [7, 11) is 1.59. The molecule has 1 aromatic carbocycles. The van der Waals surface area contributed by atoms with Crippen LogP contribution < -0.4 is 15.0 Å². The standard InChI is InChI=1S/C23H24F3N5O3/c1-33-18-5-2-15(3-6-18)22-29-21(34-30-22)9-8-20(32)28-17-10-12-31(13-11-17)19-7-4-16(14-27-19)23(24,25)26/h2-7,14,17H,8-13H2,1H3,(H,28,32). The van der Waals surface area contributed by atoms with E-state index in [9.17, 15) is 18.0 Å². The van der Waals surface area contributed by atoms with Gasteiger partial charge in [0.25, 0.3) is 0 Å². The number of methoxy groups -OCH3 is 1. The van der Waals surface area contributed by atoms with Gasteiger partial charge in [-0.1, -0.05) is 5.16 Å². The smallest absolute Gasteiger partial charge is 0.417 e. The van der Waals surface area contributed by atoms with Crippen molar-refractivity contribution in [3.05, 3.63) is 54.0 Å². The van der Waals surface area contributed by atoms with Gasteiger partial charge >= 0.3 is 6.18 Å². The number of amides is 1. The molecule has 0 spiro atoms. The van der Waals surface area contributed by atoms with Crippen LogP contribution in [0.2, 0.25) is 0 Å². The van der Waals surface area contributed by atoms with Crippen LogP contribution in [0.3, 0.4) is 0 Å². The first-order valence-electron chi connectivity index (χ1n) is 10.9. The van der Waals surface area contributed by atoms with Crippen molar-refractivity contribution in [2.75, 3.05) is 25.1 Å². The molecule has 8 nitrogen and oxygen atoms in total. The Hall–Kier alpha value is -3.63. The van der Waals surface area contributed by atoms with Crippen molar-refractivity contribution in [2.24, 2.45) is 0 Å². The minimum absolute atomic E-state index is 0.00394. The topological polar surface area (TPSA) is 93.4 Å². The highest BCUT2D eigenvalue weighted by atomic mass is 19.4.